The number of hydrogen-bond acceptors (Lipinski definition) is 6. The van der Waals surface area contributed by atoms with Gasteiger partial charge in [-0.15, -0.1) is 0 Å². The third-order valence-electron chi connectivity index (χ3n) is 9.99. The molecule has 56 heavy (non-hydrogen) atoms. The average Bonchev–Trinajstić information content (AvgIpc) is 3.28. The van der Waals surface area contributed by atoms with Crippen LogP contribution in [0.4, 0.5) is 0 Å². The number of ether oxygens (including phenoxy) is 3. The summed E-state index contributed by atoms with van der Waals surface area (Å²) in [6.07, 6.45) is -1.82. The number of carbonyl (C=O) groups excluding carboxylic acids is 2. The monoisotopic (exact) mass is 738 g/mol. The molecule has 0 saturated carbocycles. The van der Waals surface area contributed by atoms with E-state index in [0.717, 1.165) is 16.7 Å². The number of rotatable bonds is 15. The maximum atomic E-state index is 15.1. The summed E-state index contributed by atoms with van der Waals surface area (Å²) in [6, 6.07) is 66.0. The Labute approximate surface area is 327 Å². The van der Waals surface area contributed by atoms with Crippen LogP contribution in [0.15, 0.2) is 212 Å². The number of benzene rings is 7. The van der Waals surface area contributed by atoms with Crippen LogP contribution < -0.4 is 0 Å². The van der Waals surface area contributed by atoms with Crippen molar-refractivity contribution in [3.63, 3.8) is 0 Å². The highest BCUT2D eigenvalue weighted by atomic mass is 16.6. The van der Waals surface area contributed by atoms with Gasteiger partial charge in [0, 0.05) is 0 Å². The Kier molecular flexibility index (Phi) is 11.9. The predicted molar refractivity (Wildman–Crippen MR) is 216 cm³/mol. The molecule has 0 saturated heterocycles. The minimum atomic E-state index is -2.35. The van der Waals surface area contributed by atoms with Crippen molar-refractivity contribution in [2.75, 3.05) is 13.2 Å². The van der Waals surface area contributed by atoms with Crippen LogP contribution in [0.5, 0.6) is 0 Å². The molecule has 0 heterocycles. The lowest BCUT2D eigenvalue weighted by molar-refractivity contribution is -0.189. The lowest BCUT2D eigenvalue weighted by Crippen LogP contribution is -2.51. The van der Waals surface area contributed by atoms with E-state index in [0.29, 0.717) is 22.3 Å². The third-order valence-corrected chi connectivity index (χ3v) is 9.99. The normalized spacial score (nSPS) is 11.6. The van der Waals surface area contributed by atoms with Gasteiger partial charge in [-0.1, -0.05) is 212 Å². The van der Waals surface area contributed by atoms with Crippen LogP contribution in [0.3, 0.4) is 0 Å². The summed E-state index contributed by atoms with van der Waals surface area (Å²) in [6.45, 7) is -1.57. The molecule has 6 heteroatoms. The summed E-state index contributed by atoms with van der Waals surface area (Å²) in [4.78, 5) is 30.2. The van der Waals surface area contributed by atoms with Crippen LogP contribution in [0, 0.1) is 5.41 Å². The van der Waals surface area contributed by atoms with Gasteiger partial charge in [-0.2, -0.15) is 0 Å². The Bertz CT molecular complexity index is 2000. The van der Waals surface area contributed by atoms with Gasteiger partial charge in [-0.05, 0) is 38.9 Å². The summed E-state index contributed by atoms with van der Waals surface area (Å²) in [7, 11) is 0. The summed E-state index contributed by atoms with van der Waals surface area (Å²) in [5, 5.41) is 11.6. The molecule has 0 bridgehead atoms. The van der Waals surface area contributed by atoms with Crippen molar-refractivity contribution in [2.45, 2.75) is 17.8 Å². The quantitative estimate of drug-likeness (QED) is 0.0641. The van der Waals surface area contributed by atoms with Gasteiger partial charge in [0.05, 0.1) is 13.2 Å². The first kappa shape index (κ1) is 37.7. The minimum Gasteiger partial charge on any atom is -0.452 e. The Morgan fingerprint density at radius 1 is 0.411 bits per heavy atom. The molecule has 0 aliphatic heterocycles. The Hall–Kier alpha value is -6.60. The molecule has 7 aromatic rings. The van der Waals surface area contributed by atoms with E-state index in [9.17, 15) is 5.11 Å². The zero-order valence-corrected chi connectivity index (χ0v) is 30.8. The van der Waals surface area contributed by atoms with Gasteiger partial charge < -0.3 is 19.3 Å². The van der Waals surface area contributed by atoms with Crippen molar-refractivity contribution in [1.29, 1.82) is 0 Å². The summed E-state index contributed by atoms with van der Waals surface area (Å²) in [5.41, 5.74) is 1.32. The van der Waals surface area contributed by atoms with E-state index in [2.05, 4.69) is 0 Å². The predicted octanol–water partition coefficient (Wildman–Crippen LogP) is 9.64. The maximum absolute atomic E-state index is 15.1. The fourth-order valence-corrected chi connectivity index (χ4v) is 6.98. The van der Waals surface area contributed by atoms with Crippen LogP contribution in [-0.2, 0) is 29.4 Å². The van der Waals surface area contributed by atoms with Crippen molar-refractivity contribution in [2.24, 2.45) is 5.41 Å². The van der Waals surface area contributed by atoms with Gasteiger partial charge in [0.15, 0.2) is 12.2 Å². The van der Waals surface area contributed by atoms with E-state index >= 15 is 9.59 Å². The van der Waals surface area contributed by atoms with E-state index in [1.54, 1.807) is 0 Å². The number of aliphatic hydroxyl groups excluding tert-OH is 1. The first-order chi connectivity index (χ1) is 27.5. The smallest absolute Gasteiger partial charge is 0.329 e. The number of esters is 2. The number of aliphatic hydroxyl groups is 1. The molecular formula is C50H42O6. The zero-order valence-electron chi connectivity index (χ0n) is 30.8. The van der Waals surface area contributed by atoms with Crippen LogP contribution in [-0.4, -0.2) is 30.3 Å². The Morgan fingerprint density at radius 3 is 0.911 bits per heavy atom. The molecule has 0 aliphatic rings. The van der Waals surface area contributed by atoms with Crippen molar-refractivity contribution in [3.05, 3.63) is 251 Å². The molecule has 1 N–H and O–H groups in total. The molecular weight excluding hydrogens is 697 g/mol. The standard InChI is InChI=1S/C50H42O6/c51-36-49(47(52)55-45(38-22-8-1-9-23-38)39-24-10-2-11-25-39,48(53)56-46(40-26-12-3-13-27-40)41-28-14-4-15-29-41)37-54-50(42-30-16-5-17-31-42,43-32-18-6-19-33-43)44-34-20-7-21-35-44/h1-35,45-46,51H,36-37H2. The molecule has 6 nitrogen and oxygen atoms in total. The molecule has 278 valence electrons. The number of carbonyl (C=O) groups is 2. The first-order valence-corrected chi connectivity index (χ1v) is 18.6. The van der Waals surface area contributed by atoms with E-state index in [4.69, 9.17) is 14.2 Å². The highest BCUT2D eigenvalue weighted by Crippen LogP contribution is 2.43. The summed E-state index contributed by atoms with van der Waals surface area (Å²) in [5.74, 6) is -1.99. The van der Waals surface area contributed by atoms with Crippen LogP contribution >= 0.6 is 0 Å². The summed E-state index contributed by atoms with van der Waals surface area (Å²) < 4.78 is 19.9. The molecule has 0 unspecified atom stereocenters. The van der Waals surface area contributed by atoms with Crippen molar-refractivity contribution in [1.82, 2.24) is 0 Å². The van der Waals surface area contributed by atoms with Gasteiger partial charge in [-0.3, -0.25) is 9.59 Å². The van der Waals surface area contributed by atoms with E-state index in [1.165, 1.54) is 0 Å². The largest absolute Gasteiger partial charge is 0.452 e. The second-order valence-corrected chi connectivity index (χ2v) is 13.5. The molecule has 0 fully saturated rings. The molecule has 0 spiro atoms. The number of hydrogen-bond donors (Lipinski definition) is 1. The van der Waals surface area contributed by atoms with Crippen LogP contribution in [0.25, 0.3) is 0 Å². The van der Waals surface area contributed by atoms with Crippen molar-refractivity contribution >= 4 is 11.9 Å². The van der Waals surface area contributed by atoms with Crippen LogP contribution in [0.1, 0.15) is 51.2 Å². The summed E-state index contributed by atoms with van der Waals surface area (Å²) >= 11 is 0. The molecule has 0 aromatic heterocycles. The van der Waals surface area contributed by atoms with E-state index in [1.807, 2.05) is 212 Å². The Balaban J connectivity index is 1.37. The molecule has 7 rings (SSSR count). The van der Waals surface area contributed by atoms with Crippen molar-refractivity contribution in [3.8, 4) is 0 Å². The van der Waals surface area contributed by atoms with Gasteiger partial charge in [0.25, 0.3) is 0 Å². The zero-order chi connectivity index (χ0) is 38.6. The molecule has 0 aliphatic carbocycles. The second kappa shape index (κ2) is 17.7. The topological polar surface area (TPSA) is 82.1 Å². The van der Waals surface area contributed by atoms with Crippen LogP contribution in [0.2, 0.25) is 0 Å². The lowest BCUT2D eigenvalue weighted by Gasteiger charge is -2.39. The lowest BCUT2D eigenvalue weighted by atomic mass is 9.79. The van der Waals surface area contributed by atoms with Crippen molar-refractivity contribution < 1.29 is 28.9 Å². The maximum Gasteiger partial charge on any atom is 0.329 e. The second-order valence-electron chi connectivity index (χ2n) is 13.5. The van der Waals surface area contributed by atoms with Gasteiger partial charge in [-0.25, -0.2) is 0 Å². The SMILES string of the molecule is O=C(OC(c1ccccc1)c1ccccc1)C(CO)(COC(c1ccccc1)(c1ccccc1)c1ccccc1)C(=O)OC(c1ccccc1)c1ccccc1. The Morgan fingerprint density at radius 2 is 0.661 bits per heavy atom. The average molecular weight is 739 g/mol. The first-order valence-electron chi connectivity index (χ1n) is 18.6. The molecule has 0 radical (unpaired) electrons. The van der Waals surface area contributed by atoms with Gasteiger partial charge in [0.2, 0.25) is 5.41 Å². The van der Waals surface area contributed by atoms with Gasteiger partial charge in [0.1, 0.15) is 5.60 Å². The third kappa shape index (κ3) is 7.94. The molecule has 0 amide bonds. The van der Waals surface area contributed by atoms with E-state index in [-0.39, 0.29) is 0 Å². The highest BCUT2D eigenvalue weighted by molar-refractivity contribution is 6.01. The van der Waals surface area contributed by atoms with E-state index < -0.39 is 48.4 Å². The minimum absolute atomic E-state index is 0.605. The van der Waals surface area contributed by atoms with Gasteiger partial charge >= 0.3 is 11.9 Å². The fraction of sp³-hybridized carbons (Fsp3) is 0.120. The molecule has 0 atom stereocenters. The highest BCUT2D eigenvalue weighted by Gasteiger charge is 2.53. The fourth-order valence-electron chi connectivity index (χ4n) is 6.98. The molecule has 7 aromatic carbocycles.